The highest BCUT2D eigenvalue weighted by atomic mass is 32.2. The predicted octanol–water partition coefficient (Wildman–Crippen LogP) is 2.54. The molecule has 0 unspecified atom stereocenters. The highest BCUT2D eigenvalue weighted by Gasteiger charge is 2.02. The fourth-order valence-electron chi connectivity index (χ4n) is 1.60. The zero-order valence-corrected chi connectivity index (χ0v) is 10.3. The predicted molar refractivity (Wildman–Crippen MR) is 68.7 cm³/mol. The molecule has 0 aliphatic heterocycles. The van der Waals surface area contributed by atoms with Gasteiger partial charge in [0.2, 0.25) is 0 Å². The molecule has 0 aliphatic rings. The molecule has 3 nitrogen and oxygen atoms in total. The van der Waals surface area contributed by atoms with Gasteiger partial charge in [-0.25, -0.2) is 4.68 Å². The van der Waals surface area contributed by atoms with E-state index in [1.807, 2.05) is 17.7 Å². The number of aromatic nitrogens is 2. The van der Waals surface area contributed by atoms with Gasteiger partial charge in [0.1, 0.15) is 5.82 Å². The van der Waals surface area contributed by atoms with Gasteiger partial charge < -0.3 is 5.73 Å². The van der Waals surface area contributed by atoms with Crippen LogP contribution < -0.4 is 5.73 Å². The molecule has 4 heteroatoms. The average molecular weight is 233 g/mol. The SMILES string of the molecule is CSc1ccc(Cn2nc(C)cc2N)cc1. The van der Waals surface area contributed by atoms with Gasteiger partial charge in [0.25, 0.3) is 0 Å². The fourth-order valence-corrected chi connectivity index (χ4v) is 2.00. The molecule has 2 aromatic rings. The van der Waals surface area contributed by atoms with Gasteiger partial charge in [-0.1, -0.05) is 12.1 Å². The molecule has 0 bridgehead atoms. The second-order valence-corrected chi connectivity index (χ2v) is 4.60. The van der Waals surface area contributed by atoms with Gasteiger partial charge in [-0.2, -0.15) is 5.10 Å². The molecule has 0 saturated carbocycles. The maximum atomic E-state index is 5.84. The summed E-state index contributed by atoms with van der Waals surface area (Å²) in [5.74, 6) is 0.714. The molecule has 1 aromatic heterocycles. The number of thioether (sulfide) groups is 1. The van der Waals surface area contributed by atoms with Crippen molar-refractivity contribution in [2.24, 2.45) is 0 Å². The first-order chi connectivity index (χ1) is 7.69. The summed E-state index contributed by atoms with van der Waals surface area (Å²) < 4.78 is 1.82. The molecule has 0 saturated heterocycles. The summed E-state index contributed by atoms with van der Waals surface area (Å²) in [6.45, 7) is 2.68. The third kappa shape index (κ3) is 2.39. The summed E-state index contributed by atoms with van der Waals surface area (Å²) in [7, 11) is 0. The number of hydrogen-bond acceptors (Lipinski definition) is 3. The number of nitrogens with two attached hydrogens (primary N) is 1. The van der Waals surface area contributed by atoms with Crippen molar-refractivity contribution in [1.29, 1.82) is 0 Å². The molecule has 1 aromatic carbocycles. The quantitative estimate of drug-likeness (QED) is 0.829. The molecule has 0 amide bonds. The lowest BCUT2D eigenvalue weighted by atomic mass is 10.2. The van der Waals surface area contributed by atoms with E-state index in [-0.39, 0.29) is 0 Å². The van der Waals surface area contributed by atoms with Crippen LogP contribution in [0.4, 0.5) is 5.82 Å². The van der Waals surface area contributed by atoms with Gasteiger partial charge in [-0.3, -0.25) is 0 Å². The van der Waals surface area contributed by atoms with E-state index < -0.39 is 0 Å². The van der Waals surface area contributed by atoms with E-state index in [9.17, 15) is 0 Å². The van der Waals surface area contributed by atoms with Crippen LogP contribution in [-0.2, 0) is 6.54 Å². The fraction of sp³-hybridized carbons (Fsp3) is 0.250. The molecule has 0 aliphatic carbocycles. The zero-order chi connectivity index (χ0) is 11.5. The number of nitrogens with zero attached hydrogens (tertiary/aromatic N) is 2. The standard InChI is InChI=1S/C12H15N3S/c1-9-7-12(13)15(14-9)8-10-3-5-11(16-2)6-4-10/h3-7H,8,13H2,1-2H3. The second-order valence-electron chi connectivity index (χ2n) is 3.72. The summed E-state index contributed by atoms with van der Waals surface area (Å²) in [5, 5.41) is 4.33. The van der Waals surface area contributed by atoms with Crippen LogP contribution in [0.2, 0.25) is 0 Å². The molecular weight excluding hydrogens is 218 g/mol. The Morgan fingerprint density at radius 2 is 2.00 bits per heavy atom. The van der Waals surface area contributed by atoms with Gasteiger partial charge in [0.15, 0.2) is 0 Å². The molecule has 0 spiro atoms. The van der Waals surface area contributed by atoms with Gasteiger partial charge in [0, 0.05) is 11.0 Å². The van der Waals surface area contributed by atoms with E-state index in [2.05, 4.69) is 35.6 Å². The zero-order valence-electron chi connectivity index (χ0n) is 9.47. The lowest BCUT2D eigenvalue weighted by molar-refractivity contribution is 0.689. The molecule has 16 heavy (non-hydrogen) atoms. The average Bonchev–Trinajstić information content (AvgIpc) is 2.59. The Morgan fingerprint density at radius 1 is 1.31 bits per heavy atom. The van der Waals surface area contributed by atoms with Crippen molar-refractivity contribution in [3.63, 3.8) is 0 Å². The van der Waals surface area contributed by atoms with Crippen LogP contribution >= 0.6 is 11.8 Å². The number of benzene rings is 1. The van der Waals surface area contributed by atoms with E-state index in [1.165, 1.54) is 10.5 Å². The molecule has 2 N–H and O–H groups in total. The van der Waals surface area contributed by atoms with Crippen molar-refractivity contribution < 1.29 is 0 Å². The summed E-state index contributed by atoms with van der Waals surface area (Å²) >= 11 is 1.74. The van der Waals surface area contributed by atoms with Gasteiger partial charge >= 0.3 is 0 Å². The Morgan fingerprint density at radius 3 is 2.50 bits per heavy atom. The lowest BCUT2D eigenvalue weighted by Crippen LogP contribution is -2.05. The first-order valence-corrected chi connectivity index (χ1v) is 6.34. The first kappa shape index (κ1) is 11.1. The summed E-state index contributed by atoms with van der Waals surface area (Å²) in [6.07, 6.45) is 2.07. The molecule has 84 valence electrons. The van der Waals surface area contributed by atoms with Crippen molar-refractivity contribution in [2.75, 3.05) is 12.0 Å². The van der Waals surface area contributed by atoms with E-state index >= 15 is 0 Å². The van der Waals surface area contributed by atoms with Crippen molar-refractivity contribution in [1.82, 2.24) is 9.78 Å². The summed E-state index contributed by atoms with van der Waals surface area (Å²) in [6, 6.07) is 10.3. The maximum Gasteiger partial charge on any atom is 0.122 e. The third-order valence-electron chi connectivity index (χ3n) is 2.42. The van der Waals surface area contributed by atoms with Crippen LogP contribution in [0.1, 0.15) is 11.3 Å². The van der Waals surface area contributed by atoms with Crippen LogP contribution in [0.3, 0.4) is 0 Å². The summed E-state index contributed by atoms with van der Waals surface area (Å²) in [4.78, 5) is 1.27. The Bertz CT molecular complexity index is 474. The molecule has 0 atom stereocenters. The smallest absolute Gasteiger partial charge is 0.122 e. The monoisotopic (exact) mass is 233 g/mol. The normalized spacial score (nSPS) is 10.6. The van der Waals surface area contributed by atoms with Crippen LogP contribution in [0.5, 0.6) is 0 Å². The van der Waals surface area contributed by atoms with Crippen molar-refractivity contribution in [2.45, 2.75) is 18.4 Å². The summed E-state index contributed by atoms with van der Waals surface area (Å²) in [5.41, 5.74) is 8.01. The topological polar surface area (TPSA) is 43.8 Å². The molecule has 1 heterocycles. The van der Waals surface area contributed by atoms with Gasteiger partial charge in [-0.15, -0.1) is 11.8 Å². The lowest BCUT2D eigenvalue weighted by Gasteiger charge is -2.05. The Hall–Kier alpha value is -1.42. The second kappa shape index (κ2) is 4.61. The van der Waals surface area contributed by atoms with Crippen LogP contribution in [0.25, 0.3) is 0 Å². The molecule has 0 radical (unpaired) electrons. The molecule has 0 fully saturated rings. The van der Waals surface area contributed by atoms with E-state index in [0.717, 1.165) is 12.2 Å². The van der Waals surface area contributed by atoms with E-state index in [0.29, 0.717) is 5.82 Å². The van der Waals surface area contributed by atoms with Gasteiger partial charge in [0.05, 0.1) is 12.2 Å². The number of nitrogen functional groups attached to an aromatic ring is 1. The Labute approximate surface area is 99.7 Å². The van der Waals surface area contributed by atoms with Crippen molar-refractivity contribution in [3.05, 3.63) is 41.6 Å². The number of rotatable bonds is 3. The minimum atomic E-state index is 0.714. The van der Waals surface area contributed by atoms with Crippen LogP contribution in [-0.4, -0.2) is 16.0 Å². The van der Waals surface area contributed by atoms with Crippen molar-refractivity contribution in [3.8, 4) is 0 Å². The number of hydrogen-bond donors (Lipinski definition) is 1. The van der Waals surface area contributed by atoms with Crippen molar-refractivity contribution >= 4 is 17.6 Å². The Kier molecular flexibility index (Phi) is 3.19. The first-order valence-electron chi connectivity index (χ1n) is 5.12. The van der Waals surface area contributed by atoms with Gasteiger partial charge in [-0.05, 0) is 30.9 Å². The van der Waals surface area contributed by atoms with Crippen LogP contribution in [0, 0.1) is 6.92 Å². The minimum absolute atomic E-state index is 0.714. The minimum Gasteiger partial charge on any atom is -0.384 e. The number of aryl methyl sites for hydroxylation is 1. The Balaban J connectivity index is 2.17. The molecular formula is C12H15N3S. The highest BCUT2D eigenvalue weighted by Crippen LogP contribution is 2.16. The highest BCUT2D eigenvalue weighted by molar-refractivity contribution is 7.98. The number of anilines is 1. The molecule has 2 rings (SSSR count). The third-order valence-corrected chi connectivity index (χ3v) is 3.17. The maximum absolute atomic E-state index is 5.84. The van der Waals surface area contributed by atoms with E-state index in [4.69, 9.17) is 5.73 Å². The van der Waals surface area contributed by atoms with E-state index in [1.54, 1.807) is 11.8 Å². The largest absolute Gasteiger partial charge is 0.384 e. The van der Waals surface area contributed by atoms with Crippen LogP contribution in [0.15, 0.2) is 35.2 Å².